The molecule has 0 saturated carbocycles. The van der Waals surface area contributed by atoms with Gasteiger partial charge in [0.05, 0.1) is 13.2 Å². The van der Waals surface area contributed by atoms with Crippen molar-refractivity contribution >= 4 is 5.91 Å². The van der Waals surface area contributed by atoms with E-state index in [1.165, 1.54) is 17.5 Å². The maximum absolute atomic E-state index is 13.1. The van der Waals surface area contributed by atoms with Gasteiger partial charge in [-0.05, 0) is 60.8 Å². The first-order valence-corrected chi connectivity index (χ1v) is 10.0. The number of benzene rings is 1. The molecular formula is C21H30N2O3. The molecule has 1 aliphatic carbocycles. The predicted molar refractivity (Wildman–Crippen MR) is 100 cm³/mol. The van der Waals surface area contributed by atoms with Crippen LogP contribution in [0.2, 0.25) is 0 Å². The summed E-state index contributed by atoms with van der Waals surface area (Å²) in [5.74, 6) is 0.746. The molecule has 2 fully saturated rings. The quantitative estimate of drug-likeness (QED) is 0.888. The van der Waals surface area contributed by atoms with Crippen molar-refractivity contribution in [2.45, 2.75) is 25.7 Å². The van der Waals surface area contributed by atoms with Crippen LogP contribution < -0.4 is 0 Å². The van der Waals surface area contributed by atoms with Crippen LogP contribution in [0.5, 0.6) is 0 Å². The standard InChI is InChI=1S/C21H30N2O3/c24-15-17-10-16(12-22-6-8-26-9-7-22)13-23(14-17)21(25)20-5-4-18-2-1-3-19(18)11-20/h4-5,11,16-17,24H,1-3,6-10,12-15H2/t16-,17+/m1/s1. The lowest BCUT2D eigenvalue weighted by Gasteiger charge is -2.40. The highest BCUT2D eigenvalue weighted by molar-refractivity contribution is 5.94. The van der Waals surface area contributed by atoms with E-state index in [1.807, 2.05) is 11.0 Å². The van der Waals surface area contributed by atoms with E-state index in [0.29, 0.717) is 12.5 Å². The van der Waals surface area contributed by atoms with E-state index in [2.05, 4.69) is 17.0 Å². The van der Waals surface area contributed by atoms with Crippen LogP contribution in [0.4, 0.5) is 0 Å². The summed E-state index contributed by atoms with van der Waals surface area (Å²) in [5.41, 5.74) is 3.56. The number of fused-ring (bicyclic) bond motifs is 1. The number of nitrogens with zero attached hydrogens (tertiary/aromatic N) is 2. The second kappa shape index (κ2) is 8.07. The van der Waals surface area contributed by atoms with Gasteiger partial charge in [-0.1, -0.05) is 6.07 Å². The molecular weight excluding hydrogens is 328 g/mol. The van der Waals surface area contributed by atoms with Crippen molar-refractivity contribution in [3.05, 3.63) is 34.9 Å². The molecule has 2 aliphatic heterocycles. The van der Waals surface area contributed by atoms with Crippen molar-refractivity contribution in [1.29, 1.82) is 0 Å². The van der Waals surface area contributed by atoms with E-state index in [1.54, 1.807) is 0 Å². The Balaban J connectivity index is 1.44. The summed E-state index contributed by atoms with van der Waals surface area (Å²) in [6, 6.07) is 6.23. The maximum Gasteiger partial charge on any atom is 0.253 e. The van der Waals surface area contributed by atoms with E-state index in [4.69, 9.17) is 4.74 Å². The number of aryl methyl sites for hydroxylation is 2. The minimum absolute atomic E-state index is 0.129. The molecule has 2 saturated heterocycles. The van der Waals surface area contributed by atoms with Crippen molar-refractivity contribution in [2.75, 3.05) is 52.5 Å². The van der Waals surface area contributed by atoms with Gasteiger partial charge in [0.15, 0.2) is 0 Å². The average molecular weight is 358 g/mol. The molecule has 5 nitrogen and oxygen atoms in total. The third kappa shape index (κ3) is 3.95. The largest absolute Gasteiger partial charge is 0.396 e. The number of aliphatic hydroxyl groups excluding tert-OH is 1. The van der Waals surface area contributed by atoms with E-state index >= 15 is 0 Å². The molecule has 1 aromatic carbocycles. The molecule has 0 radical (unpaired) electrons. The van der Waals surface area contributed by atoms with Gasteiger partial charge in [-0.15, -0.1) is 0 Å². The van der Waals surface area contributed by atoms with Gasteiger partial charge in [-0.2, -0.15) is 0 Å². The number of carbonyl (C=O) groups is 1. The van der Waals surface area contributed by atoms with Gasteiger partial charge in [0, 0.05) is 44.9 Å². The summed E-state index contributed by atoms with van der Waals surface area (Å²) in [5, 5.41) is 9.74. The number of likely N-dealkylation sites (tertiary alicyclic amines) is 1. The van der Waals surface area contributed by atoms with Crippen molar-refractivity contribution in [3.63, 3.8) is 0 Å². The number of hydrogen-bond acceptors (Lipinski definition) is 4. The molecule has 0 bridgehead atoms. The van der Waals surface area contributed by atoms with Crippen LogP contribution in [-0.2, 0) is 17.6 Å². The lowest BCUT2D eigenvalue weighted by atomic mass is 9.88. The van der Waals surface area contributed by atoms with Crippen LogP contribution in [0.1, 0.15) is 34.3 Å². The fourth-order valence-corrected chi connectivity index (χ4v) is 4.79. The Morgan fingerprint density at radius 3 is 2.69 bits per heavy atom. The average Bonchev–Trinajstić information content (AvgIpc) is 3.15. The van der Waals surface area contributed by atoms with Gasteiger partial charge < -0.3 is 14.7 Å². The molecule has 4 rings (SSSR count). The molecule has 0 unspecified atom stereocenters. The molecule has 2 heterocycles. The zero-order valence-corrected chi connectivity index (χ0v) is 15.5. The van der Waals surface area contributed by atoms with E-state index in [0.717, 1.165) is 64.2 Å². The number of morpholine rings is 1. The molecule has 3 aliphatic rings. The van der Waals surface area contributed by atoms with Crippen LogP contribution in [0, 0.1) is 11.8 Å². The van der Waals surface area contributed by atoms with Crippen molar-refractivity contribution < 1.29 is 14.6 Å². The Bertz CT molecular complexity index is 642. The minimum Gasteiger partial charge on any atom is -0.396 e. The molecule has 1 aromatic rings. The number of rotatable bonds is 4. The Hall–Kier alpha value is -1.43. The third-order valence-corrected chi connectivity index (χ3v) is 6.13. The van der Waals surface area contributed by atoms with Crippen LogP contribution >= 0.6 is 0 Å². The second-order valence-electron chi connectivity index (χ2n) is 8.11. The van der Waals surface area contributed by atoms with Gasteiger partial charge in [0.2, 0.25) is 0 Å². The first kappa shape index (κ1) is 18.0. The first-order chi connectivity index (χ1) is 12.7. The molecule has 1 N–H and O–H groups in total. The van der Waals surface area contributed by atoms with Gasteiger partial charge in [0.25, 0.3) is 5.91 Å². The van der Waals surface area contributed by atoms with E-state index < -0.39 is 0 Å². The summed E-state index contributed by atoms with van der Waals surface area (Å²) in [6.45, 7) is 6.16. The number of carbonyl (C=O) groups excluding carboxylic acids is 1. The fourth-order valence-electron chi connectivity index (χ4n) is 4.79. The smallest absolute Gasteiger partial charge is 0.253 e. The lowest BCUT2D eigenvalue weighted by Crippen LogP contribution is -2.49. The predicted octanol–water partition coefficient (Wildman–Crippen LogP) is 1.58. The second-order valence-corrected chi connectivity index (χ2v) is 8.11. The van der Waals surface area contributed by atoms with Crippen molar-refractivity contribution in [1.82, 2.24) is 9.80 Å². The number of amides is 1. The van der Waals surface area contributed by atoms with Gasteiger partial charge in [-0.25, -0.2) is 0 Å². The van der Waals surface area contributed by atoms with Gasteiger partial charge >= 0.3 is 0 Å². The van der Waals surface area contributed by atoms with E-state index in [9.17, 15) is 9.90 Å². The highest BCUT2D eigenvalue weighted by atomic mass is 16.5. The van der Waals surface area contributed by atoms with Crippen LogP contribution in [-0.4, -0.2) is 73.4 Å². The zero-order chi connectivity index (χ0) is 17.9. The van der Waals surface area contributed by atoms with Crippen LogP contribution in [0.15, 0.2) is 18.2 Å². The molecule has 1 amide bonds. The Labute approximate surface area is 155 Å². The third-order valence-electron chi connectivity index (χ3n) is 6.13. The summed E-state index contributed by atoms with van der Waals surface area (Å²) in [4.78, 5) is 17.5. The van der Waals surface area contributed by atoms with Crippen LogP contribution in [0.3, 0.4) is 0 Å². The molecule has 26 heavy (non-hydrogen) atoms. The minimum atomic E-state index is 0.129. The molecule has 0 aromatic heterocycles. The monoisotopic (exact) mass is 358 g/mol. The maximum atomic E-state index is 13.1. The lowest BCUT2D eigenvalue weighted by molar-refractivity contribution is 0.0130. The number of hydrogen-bond donors (Lipinski definition) is 1. The summed E-state index contributed by atoms with van der Waals surface area (Å²) < 4.78 is 5.44. The molecule has 2 atom stereocenters. The summed E-state index contributed by atoms with van der Waals surface area (Å²) >= 11 is 0. The Morgan fingerprint density at radius 1 is 1.12 bits per heavy atom. The Kier molecular flexibility index (Phi) is 5.57. The van der Waals surface area contributed by atoms with Crippen LogP contribution in [0.25, 0.3) is 0 Å². The summed E-state index contributed by atoms with van der Waals surface area (Å²) in [6.07, 6.45) is 4.43. The van der Waals surface area contributed by atoms with Gasteiger partial charge in [-0.3, -0.25) is 9.69 Å². The van der Waals surface area contributed by atoms with E-state index in [-0.39, 0.29) is 18.4 Å². The molecule has 5 heteroatoms. The normalized spacial score (nSPS) is 26.7. The topological polar surface area (TPSA) is 53.0 Å². The highest BCUT2D eigenvalue weighted by Gasteiger charge is 2.31. The number of piperidine rings is 1. The highest BCUT2D eigenvalue weighted by Crippen LogP contribution is 2.27. The molecule has 142 valence electrons. The molecule has 0 spiro atoms. The number of aliphatic hydroxyl groups is 1. The van der Waals surface area contributed by atoms with Crippen molar-refractivity contribution in [2.24, 2.45) is 11.8 Å². The SMILES string of the molecule is O=C(c1ccc2c(c1)CCC2)N1C[C@@H](CN2CCOCC2)C[C@H](CO)C1. The first-order valence-electron chi connectivity index (χ1n) is 10.0. The van der Waals surface area contributed by atoms with Crippen molar-refractivity contribution in [3.8, 4) is 0 Å². The number of ether oxygens (including phenoxy) is 1. The fraction of sp³-hybridized carbons (Fsp3) is 0.667. The zero-order valence-electron chi connectivity index (χ0n) is 15.5. The van der Waals surface area contributed by atoms with Gasteiger partial charge in [0.1, 0.15) is 0 Å². The Morgan fingerprint density at radius 2 is 1.88 bits per heavy atom. The summed E-state index contributed by atoms with van der Waals surface area (Å²) in [7, 11) is 0.